The molecule has 0 heterocycles. The number of benzene rings is 1. The van der Waals surface area contributed by atoms with Gasteiger partial charge in [-0.15, -0.1) is 24.0 Å². The maximum absolute atomic E-state index is 11.8. The lowest BCUT2D eigenvalue weighted by Gasteiger charge is -2.19. The van der Waals surface area contributed by atoms with Crippen molar-refractivity contribution in [2.45, 2.75) is 32.8 Å². The Morgan fingerprint density at radius 3 is 2.23 bits per heavy atom. The fourth-order valence-corrected chi connectivity index (χ4v) is 2.70. The molecule has 0 aliphatic heterocycles. The molecule has 3 N–H and O–H groups in total. The molecule has 11 heteroatoms. The van der Waals surface area contributed by atoms with Gasteiger partial charge in [-0.2, -0.15) is 0 Å². The van der Waals surface area contributed by atoms with Gasteiger partial charge in [0.05, 0.1) is 19.0 Å². The predicted molar refractivity (Wildman–Crippen MR) is 135 cm³/mol. The molecule has 1 aromatic rings. The standard InChI is InChI=1S/C20H34N4O5S.HI/c1-20(2,3)29-19(25)24-17-8-6-16(7-9-17)10-11-22-18(21-4)23-12-13-28-14-15-30(5,26)27;/h6-9H,10-15H2,1-5H3,(H,24,25)(H2,21,22,23);1H. The van der Waals surface area contributed by atoms with E-state index in [-0.39, 0.29) is 36.3 Å². The van der Waals surface area contributed by atoms with Crippen LogP contribution in [0.4, 0.5) is 10.5 Å². The number of nitrogens with zero attached hydrogens (tertiary/aromatic N) is 1. The highest BCUT2D eigenvalue weighted by Gasteiger charge is 2.16. The molecule has 1 aromatic carbocycles. The Bertz CT molecular complexity index is 793. The predicted octanol–water partition coefficient (Wildman–Crippen LogP) is 2.42. The van der Waals surface area contributed by atoms with Crippen molar-refractivity contribution < 1.29 is 22.7 Å². The van der Waals surface area contributed by atoms with Crippen LogP contribution < -0.4 is 16.0 Å². The first-order valence-electron chi connectivity index (χ1n) is 9.77. The Balaban J connectivity index is 0.00000900. The molecule has 0 saturated heterocycles. The van der Waals surface area contributed by atoms with Gasteiger partial charge in [0.2, 0.25) is 0 Å². The van der Waals surface area contributed by atoms with Gasteiger partial charge >= 0.3 is 6.09 Å². The van der Waals surface area contributed by atoms with Crippen molar-refractivity contribution in [2.75, 3.05) is 50.7 Å². The summed E-state index contributed by atoms with van der Waals surface area (Å²) in [4.78, 5) is 15.9. The summed E-state index contributed by atoms with van der Waals surface area (Å²) in [6, 6.07) is 7.56. The van der Waals surface area contributed by atoms with Gasteiger partial charge in [-0.1, -0.05) is 12.1 Å². The van der Waals surface area contributed by atoms with Crippen molar-refractivity contribution in [3.8, 4) is 0 Å². The molecule has 0 fully saturated rings. The topological polar surface area (TPSA) is 118 Å². The number of hydrogen-bond acceptors (Lipinski definition) is 6. The normalized spacial score (nSPS) is 12.0. The summed E-state index contributed by atoms with van der Waals surface area (Å²) < 4.78 is 32.5. The summed E-state index contributed by atoms with van der Waals surface area (Å²) in [6.07, 6.45) is 1.48. The van der Waals surface area contributed by atoms with Crippen molar-refractivity contribution in [3.63, 3.8) is 0 Å². The number of amides is 1. The minimum atomic E-state index is -3.00. The summed E-state index contributed by atoms with van der Waals surface area (Å²) >= 11 is 0. The molecule has 31 heavy (non-hydrogen) atoms. The summed E-state index contributed by atoms with van der Waals surface area (Å²) in [5, 5.41) is 9.01. The molecule has 0 saturated carbocycles. The largest absolute Gasteiger partial charge is 0.444 e. The number of hydrogen-bond donors (Lipinski definition) is 3. The summed E-state index contributed by atoms with van der Waals surface area (Å²) in [5.74, 6) is 0.663. The molecule has 0 aliphatic carbocycles. The van der Waals surface area contributed by atoms with E-state index in [9.17, 15) is 13.2 Å². The second-order valence-corrected chi connectivity index (χ2v) is 10.0. The van der Waals surface area contributed by atoms with Crippen molar-refractivity contribution in [1.82, 2.24) is 10.6 Å². The maximum Gasteiger partial charge on any atom is 0.412 e. The molecule has 0 aliphatic rings. The molecule has 0 unspecified atom stereocenters. The Labute approximate surface area is 202 Å². The zero-order chi connectivity index (χ0) is 22.6. The third-order valence-electron chi connectivity index (χ3n) is 3.67. The molecule has 178 valence electrons. The Hall–Kier alpha value is -1.60. The lowest BCUT2D eigenvalue weighted by molar-refractivity contribution is 0.0636. The first-order chi connectivity index (χ1) is 14.0. The highest BCUT2D eigenvalue weighted by Crippen LogP contribution is 2.13. The van der Waals surface area contributed by atoms with Crippen molar-refractivity contribution in [1.29, 1.82) is 0 Å². The second-order valence-electron chi connectivity index (χ2n) is 7.74. The van der Waals surface area contributed by atoms with Crippen LogP contribution in [0.15, 0.2) is 29.3 Å². The molecule has 9 nitrogen and oxygen atoms in total. The Kier molecular flexibility index (Phi) is 13.7. The lowest BCUT2D eigenvalue weighted by atomic mass is 10.1. The molecule has 0 spiro atoms. The van der Waals surface area contributed by atoms with E-state index in [2.05, 4.69) is 20.9 Å². The number of aliphatic imine (C=N–C) groups is 1. The number of rotatable bonds is 10. The lowest BCUT2D eigenvalue weighted by Crippen LogP contribution is -2.39. The van der Waals surface area contributed by atoms with Crippen LogP contribution in [0.3, 0.4) is 0 Å². The van der Waals surface area contributed by atoms with Crippen LogP contribution in [0.2, 0.25) is 0 Å². The van der Waals surface area contributed by atoms with Gasteiger partial charge in [-0.25, -0.2) is 13.2 Å². The molecular weight excluding hydrogens is 535 g/mol. The average Bonchev–Trinajstić information content (AvgIpc) is 2.62. The molecule has 0 aromatic heterocycles. The molecular formula is C20H35IN4O5S. The molecule has 1 amide bonds. The summed E-state index contributed by atoms with van der Waals surface area (Å²) in [6.45, 7) is 7.22. The van der Waals surface area contributed by atoms with Gasteiger partial charge in [0.1, 0.15) is 15.4 Å². The number of nitrogens with one attached hydrogen (secondary N) is 3. The fraction of sp³-hybridized carbons (Fsp3) is 0.600. The van der Waals surface area contributed by atoms with E-state index in [4.69, 9.17) is 9.47 Å². The van der Waals surface area contributed by atoms with Crippen LogP contribution in [-0.2, 0) is 25.7 Å². The Morgan fingerprint density at radius 1 is 1.06 bits per heavy atom. The zero-order valence-electron chi connectivity index (χ0n) is 18.9. The van der Waals surface area contributed by atoms with Crippen LogP contribution in [0, 0.1) is 0 Å². The van der Waals surface area contributed by atoms with E-state index in [1.165, 1.54) is 6.26 Å². The Morgan fingerprint density at radius 2 is 1.68 bits per heavy atom. The molecule has 1 rings (SSSR count). The average molecular weight is 570 g/mol. The first kappa shape index (κ1) is 29.4. The minimum Gasteiger partial charge on any atom is -0.444 e. The third kappa shape index (κ3) is 15.8. The maximum atomic E-state index is 11.8. The summed E-state index contributed by atoms with van der Waals surface area (Å²) in [7, 11) is -1.32. The molecule has 0 bridgehead atoms. The van der Waals surface area contributed by atoms with Crippen LogP contribution in [0.25, 0.3) is 0 Å². The van der Waals surface area contributed by atoms with E-state index in [1.807, 2.05) is 45.0 Å². The van der Waals surface area contributed by atoms with Crippen molar-refractivity contribution in [3.05, 3.63) is 29.8 Å². The van der Waals surface area contributed by atoms with Gasteiger partial charge in [0.25, 0.3) is 0 Å². The van der Waals surface area contributed by atoms with Gasteiger partial charge in [-0.3, -0.25) is 10.3 Å². The minimum absolute atomic E-state index is 0. The zero-order valence-corrected chi connectivity index (χ0v) is 22.0. The number of carbonyl (C=O) groups is 1. The van der Waals surface area contributed by atoms with Crippen LogP contribution >= 0.6 is 24.0 Å². The quantitative estimate of drug-likeness (QED) is 0.171. The number of sulfone groups is 1. The van der Waals surface area contributed by atoms with Crippen molar-refractivity contribution >= 4 is 51.6 Å². The van der Waals surface area contributed by atoms with Crippen LogP contribution in [-0.4, -0.2) is 71.4 Å². The van der Waals surface area contributed by atoms with Crippen LogP contribution in [0.5, 0.6) is 0 Å². The first-order valence-corrected chi connectivity index (χ1v) is 11.8. The van der Waals surface area contributed by atoms with E-state index < -0.39 is 21.5 Å². The van der Waals surface area contributed by atoms with E-state index in [1.54, 1.807) is 7.05 Å². The van der Waals surface area contributed by atoms with E-state index in [0.717, 1.165) is 12.0 Å². The number of anilines is 1. The SMILES string of the molecule is CN=C(NCCOCCS(C)(=O)=O)NCCc1ccc(NC(=O)OC(C)(C)C)cc1.I. The smallest absolute Gasteiger partial charge is 0.412 e. The highest BCUT2D eigenvalue weighted by atomic mass is 127. The van der Waals surface area contributed by atoms with Gasteiger partial charge in [0, 0.05) is 32.1 Å². The number of guanidine groups is 1. The van der Waals surface area contributed by atoms with Crippen LogP contribution in [0.1, 0.15) is 26.3 Å². The molecule has 0 radical (unpaired) electrons. The number of ether oxygens (including phenoxy) is 2. The third-order valence-corrected chi connectivity index (χ3v) is 4.57. The van der Waals surface area contributed by atoms with Gasteiger partial charge in [0.15, 0.2) is 5.96 Å². The summed E-state index contributed by atoms with van der Waals surface area (Å²) in [5.41, 5.74) is 1.25. The monoisotopic (exact) mass is 570 g/mol. The van der Waals surface area contributed by atoms with Gasteiger partial charge < -0.3 is 20.1 Å². The fourth-order valence-electron chi connectivity index (χ4n) is 2.28. The number of carbonyl (C=O) groups excluding carboxylic acids is 1. The van der Waals surface area contributed by atoms with E-state index >= 15 is 0 Å². The number of halogens is 1. The van der Waals surface area contributed by atoms with Crippen molar-refractivity contribution in [2.24, 2.45) is 4.99 Å². The molecule has 0 atom stereocenters. The highest BCUT2D eigenvalue weighted by molar-refractivity contribution is 14.0. The van der Waals surface area contributed by atoms with E-state index in [0.29, 0.717) is 31.3 Å². The second kappa shape index (κ2) is 14.5. The van der Waals surface area contributed by atoms with Gasteiger partial charge in [-0.05, 0) is 44.9 Å².